The number of methoxy groups -OCH3 is 2. The molecule has 1 fully saturated rings. The number of allylic oxidation sites excluding steroid dienone is 2. The van der Waals surface area contributed by atoms with Crippen LogP contribution in [0.5, 0.6) is 5.75 Å². The van der Waals surface area contributed by atoms with E-state index in [1.807, 2.05) is 24.3 Å². The van der Waals surface area contributed by atoms with E-state index in [-0.39, 0.29) is 23.8 Å². The number of rotatable bonds is 10. The number of aliphatic hydroxyl groups is 1. The summed E-state index contributed by atoms with van der Waals surface area (Å²) >= 11 is 0. The fourth-order valence-corrected chi connectivity index (χ4v) is 3.97. The summed E-state index contributed by atoms with van der Waals surface area (Å²) in [4.78, 5) is 24.9. The van der Waals surface area contributed by atoms with E-state index in [1.165, 1.54) is 7.11 Å². The van der Waals surface area contributed by atoms with Gasteiger partial charge in [0.25, 0.3) is 0 Å². The molecule has 1 amide bonds. The van der Waals surface area contributed by atoms with Crippen molar-refractivity contribution in [3.63, 3.8) is 0 Å². The first kappa shape index (κ1) is 22.9. The Kier molecular flexibility index (Phi) is 9.19. The van der Waals surface area contributed by atoms with Gasteiger partial charge < -0.3 is 19.9 Å². The van der Waals surface area contributed by atoms with Crippen molar-refractivity contribution in [1.82, 2.24) is 5.32 Å². The van der Waals surface area contributed by atoms with Gasteiger partial charge in [-0.25, -0.2) is 4.79 Å². The maximum atomic E-state index is 12.7. The largest absolute Gasteiger partial charge is 0.497 e. The Hall–Kier alpha value is -2.34. The van der Waals surface area contributed by atoms with Gasteiger partial charge in [0.15, 0.2) is 0 Å². The molecule has 2 unspecified atom stereocenters. The summed E-state index contributed by atoms with van der Waals surface area (Å²) < 4.78 is 10.0. The van der Waals surface area contributed by atoms with Crippen LogP contribution in [0.15, 0.2) is 36.4 Å². The first-order valence-corrected chi connectivity index (χ1v) is 10.3. The van der Waals surface area contributed by atoms with Crippen LogP contribution in [0.25, 0.3) is 0 Å². The number of ether oxygens (including phenoxy) is 2. The van der Waals surface area contributed by atoms with Crippen molar-refractivity contribution in [1.29, 1.82) is 0 Å². The Labute approximate surface area is 173 Å². The zero-order valence-corrected chi connectivity index (χ0v) is 17.6. The van der Waals surface area contributed by atoms with Crippen LogP contribution < -0.4 is 10.1 Å². The second kappa shape index (κ2) is 11.6. The molecular formula is C23H33NO5. The zero-order chi connectivity index (χ0) is 21.2. The molecule has 4 atom stereocenters. The molecule has 0 bridgehead atoms. The van der Waals surface area contributed by atoms with E-state index >= 15 is 0 Å². The predicted molar refractivity (Wildman–Crippen MR) is 112 cm³/mol. The van der Waals surface area contributed by atoms with Crippen molar-refractivity contribution in [3.05, 3.63) is 42.0 Å². The Morgan fingerprint density at radius 1 is 1.21 bits per heavy atom. The van der Waals surface area contributed by atoms with Crippen molar-refractivity contribution >= 4 is 11.9 Å². The molecule has 0 aliphatic heterocycles. The lowest BCUT2D eigenvalue weighted by Gasteiger charge is -2.22. The molecule has 6 heteroatoms. The molecule has 0 aromatic heterocycles. The minimum absolute atomic E-state index is 0.0849. The number of carbonyl (C=O) groups excluding carboxylic acids is 2. The molecule has 1 saturated carbocycles. The average molecular weight is 404 g/mol. The Morgan fingerprint density at radius 2 is 1.93 bits per heavy atom. The Balaban J connectivity index is 1.97. The molecule has 29 heavy (non-hydrogen) atoms. The van der Waals surface area contributed by atoms with Gasteiger partial charge in [0.1, 0.15) is 11.8 Å². The molecule has 0 radical (unpaired) electrons. The highest BCUT2D eigenvalue weighted by Crippen LogP contribution is 2.37. The molecule has 2 N–H and O–H groups in total. The molecule has 1 aliphatic carbocycles. The van der Waals surface area contributed by atoms with Gasteiger partial charge in [-0.2, -0.15) is 0 Å². The molecule has 0 heterocycles. The van der Waals surface area contributed by atoms with Gasteiger partial charge in [0.05, 0.1) is 20.3 Å². The molecule has 0 spiro atoms. The van der Waals surface area contributed by atoms with Gasteiger partial charge in [0, 0.05) is 12.8 Å². The third kappa shape index (κ3) is 6.89. The smallest absolute Gasteiger partial charge is 0.328 e. The van der Waals surface area contributed by atoms with E-state index < -0.39 is 12.0 Å². The van der Waals surface area contributed by atoms with Crippen LogP contribution in [0.1, 0.15) is 44.6 Å². The summed E-state index contributed by atoms with van der Waals surface area (Å²) in [5, 5.41) is 13.1. The second-order valence-corrected chi connectivity index (χ2v) is 7.58. The van der Waals surface area contributed by atoms with Crippen molar-refractivity contribution < 1.29 is 24.2 Å². The van der Waals surface area contributed by atoms with Crippen LogP contribution in [0, 0.1) is 11.8 Å². The Morgan fingerprint density at radius 3 is 2.55 bits per heavy atom. The normalized spacial score (nSPS) is 22.4. The number of esters is 1. The summed E-state index contributed by atoms with van der Waals surface area (Å²) in [6.45, 7) is 2.07. The quantitative estimate of drug-likeness (QED) is 0.463. The van der Waals surface area contributed by atoms with Gasteiger partial charge in [-0.3, -0.25) is 4.79 Å². The molecular weight excluding hydrogens is 370 g/mol. The number of hydrogen-bond acceptors (Lipinski definition) is 5. The van der Waals surface area contributed by atoms with Crippen LogP contribution in [-0.2, 0) is 20.7 Å². The number of amides is 1. The highest BCUT2D eigenvalue weighted by molar-refractivity contribution is 5.84. The van der Waals surface area contributed by atoms with Gasteiger partial charge in [-0.1, -0.05) is 31.2 Å². The summed E-state index contributed by atoms with van der Waals surface area (Å²) in [5.41, 5.74) is 0.903. The highest BCUT2D eigenvalue weighted by Gasteiger charge is 2.35. The summed E-state index contributed by atoms with van der Waals surface area (Å²) in [7, 11) is 2.91. The number of aliphatic hydroxyl groups excluding tert-OH is 1. The predicted octanol–water partition coefficient (Wildman–Crippen LogP) is 3.03. The third-order valence-electron chi connectivity index (χ3n) is 5.61. The topological polar surface area (TPSA) is 84.9 Å². The van der Waals surface area contributed by atoms with Crippen LogP contribution in [0.3, 0.4) is 0 Å². The molecule has 1 aromatic rings. The van der Waals surface area contributed by atoms with Gasteiger partial charge in [-0.15, -0.1) is 0 Å². The van der Waals surface area contributed by atoms with Crippen molar-refractivity contribution in [2.24, 2.45) is 11.8 Å². The van der Waals surface area contributed by atoms with Crippen molar-refractivity contribution in [3.8, 4) is 5.75 Å². The summed E-state index contributed by atoms with van der Waals surface area (Å²) in [6.07, 6.45) is 7.73. The van der Waals surface area contributed by atoms with Crippen LogP contribution in [0.4, 0.5) is 0 Å². The average Bonchev–Trinajstić information content (AvgIpc) is 3.07. The van der Waals surface area contributed by atoms with Crippen LogP contribution >= 0.6 is 0 Å². The van der Waals surface area contributed by atoms with Gasteiger partial charge in [-0.05, 0) is 55.2 Å². The lowest BCUT2D eigenvalue weighted by molar-refractivity contribution is -0.145. The van der Waals surface area contributed by atoms with E-state index in [1.54, 1.807) is 7.11 Å². The standard InChI is InChI=1S/C23H33NO5/c1-4-5-6-7-19-17(10-13-21(19)25)15-22(26)24-20(23(27)29-3)14-16-8-11-18(28-2)12-9-16/h5-6,8-9,11-12,17,19-21,25H,4,7,10,13-15H2,1-3H3,(H,24,26)/b6-5-/t17-,19?,20+,21?/m1/s1. The number of hydrogen-bond donors (Lipinski definition) is 2. The SMILES string of the molecule is CC/C=C\CC1C(O)CC[C@@H]1CC(=O)N[C@@H](Cc1ccc(OC)cc1)C(=O)OC. The minimum Gasteiger partial charge on any atom is -0.497 e. The van der Waals surface area contributed by atoms with Crippen LogP contribution in [-0.4, -0.2) is 43.3 Å². The van der Waals surface area contributed by atoms with Crippen LogP contribution in [0.2, 0.25) is 0 Å². The molecule has 6 nitrogen and oxygen atoms in total. The fourth-order valence-electron chi connectivity index (χ4n) is 3.97. The molecule has 2 rings (SSSR count). The maximum Gasteiger partial charge on any atom is 0.328 e. The van der Waals surface area contributed by atoms with E-state index in [4.69, 9.17) is 9.47 Å². The summed E-state index contributed by atoms with van der Waals surface area (Å²) in [5.74, 6) is 0.281. The highest BCUT2D eigenvalue weighted by atomic mass is 16.5. The minimum atomic E-state index is -0.745. The number of benzene rings is 1. The number of carbonyl (C=O) groups is 2. The number of nitrogens with one attached hydrogen (secondary N) is 1. The second-order valence-electron chi connectivity index (χ2n) is 7.58. The zero-order valence-electron chi connectivity index (χ0n) is 17.6. The van der Waals surface area contributed by atoms with E-state index in [2.05, 4.69) is 24.4 Å². The van der Waals surface area contributed by atoms with E-state index in [0.717, 1.165) is 37.0 Å². The molecule has 1 aromatic carbocycles. The fraction of sp³-hybridized carbons (Fsp3) is 0.565. The van der Waals surface area contributed by atoms with E-state index in [0.29, 0.717) is 12.8 Å². The first-order chi connectivity index (χ1) is 14.0. The lowest BCUT2D eigenvalue weighted by Crippen LogP contribution is -2.43. The maximum absolute atomic E-state index is 12.7. The van der Waals surface area contributed by atoms with E-state index in [9.17, 15) is 14.7 Å². The van der Waals surface area contributed by atoms with Gasteiger partial charge >= 0.3 is 5.97 Å². The van der Waals surface area contributed by atoms with Gasteiger partial charge in [0.2, 0.25) is 5.91 Å². The molecule has 160 valence electrons. The van der Waals surface area contributed by atoms with Crippen molar-refractivity contribution in [2.75, 3.05) is 14.2 Å². The van der Waals surface area contributed by atoms with Crippen molar-refractivity contribution in [2.45, 2.75) is 57.6 Å². The summed E-state index contributed by atoms with van der Waals surface area (Å²) in [6, 6.07) is 6.62. The Bertz CT molecular complexity index is 685. The molecule has 1 aliphatic rings. The molecule has 0 saturated heterocycles. The third-order valence-corrected chi connectivity index (χ3v) is 5.61. The first-order valence-electron chi connectivity index (χ1n) is 10.3. The monoisotopic (exact) mass is 403 g/mol. The lowest BCUT2D eigenvalue weighted by atomic mass is 9.88.